The summed E-state index contributed by atoms with van der Waals surface area (Å²) in [6.45, 7) is 4.65. The first-order valence-corrected chi connectivity index (χ1v) is 10.2. The van der Waals surface area contributed by atoms with Gasteiger partial charge in [0.15, 0.2) is 9.84 Å². The van der Waals surface area contributed by atoms with Crippen molar-refractivity contribution in [3.05, 3.63) is 29.8 Å². The van der Waals surface area contributed by atoms with Crippen LogP contribution in [0.4, 0.5) is 0 Å². The van der Waals surface area contributed by atoms with Crippen molar-refractivity contribution in [1.82, 2.24) is 4.90 Å². The molecule has 1 aromatic rings. The summed E-state index contributed by atoms with van der Waals surface area (Å²) in [7, 11) is -1.52. The van der Waals surface area contributed by atoms with Gasteiger partial charge < -0.3 is 10.0 Å². The summed E-state index contributed by atoms with van der Waals surface area (Å²) in [4.78, 5) is 14.0. The summed E-state index contributed by atoms with van der Waals surface area (Å²) < 4.78 is 22.9. The van der Waals surface area contributed by atoms with E-state index in [-0.39, 0.29) is 17.2 Å². The zero-order chi connectivity index (χ0) is 18.3. The molecule has 0 saturated heterocycles. The third-order valence-electron chi connectivity index (χ3n) is 4.30. The highest BCUT2D eigenvalue weighted by Crippen LogP contribution is 2.15. The van der Waals surface area contributed by atoms with Crippen LogP contribution in [0.5, 0.6) is 0 Å². The molecule has 2 unspecified atom stereocenters. The fourth-order valence-corrected chi connectivity index (χ4v) is 2.98. The van der Waals surface area contributed by atoms with Gasteiger partial charge in [-0.3, -0.25) is 4.79 Å². The molecule has 2 atom stereocenters. The first-order valence-electron chi connectivity index (χ1n) is 8.34. The number of sulfone groups is 1. The van der Waals surface area contributed by atoms with Gasteiger partial charge in [-0.15, -0.1) is 0 Å². The Bertz CT molecular complexity index is 625. The normalized spacial score (nSPS) is 14.2. The summed E-state index contributed by atoms with van der Waals surface area (Å²) in [6.07, 6.45) is 3.30. The van der Waals surface area contributed by atoms with Gasteiger partial charge in [-0.1, -0.05) is 32.4 Å². The number of hydrogen-bond donors (Lipinski definition) is 1. The molecule has 0 aromatic heterocycles. The topological polar surface area (TPSA) is 74.7 Å². The molecule has 6 heteroatoms. The molecule has 1 amide bonds. The van der Waals surface area contributed by atoms with Gasteiger partial charge in [-0.05, 0) is 36.5 Å². The SMILES string of the molecule is CCC(C)CCC(O)CC(=O)N(C)Cc1ccc(S(C)(=O)=O)cc1. The van der Waals surface area contributed by atoms with E-state index in [9.17, 15) is 18.3 Å². The van der Waals surface area contributed by atoms with Crippen LogP contribution in [0, 0.1) is 5.92 Å². The number of nitrogens with zero attached hydrogens (tertiary/aromatic N) is 1. The van der Waals surface area contributed by atoms with Crippen molar-refractivity contribution in [1.29, 1.82) is 0 Å². The monoisotopic (exact) mass is 355 g/mol. The van der Waals surface area contributed by atoms with E-state index in [1.165, 1.54) is 6.26 Å². The second-order valence-electron chi connectivity index (χ2n) is 6.61. The van der Waals surface area contributed by atoms with Crippen LogP contribution in [0.1, 0.15) is 45.1 Å². The van der Waals surface area contributed by atoms with Crippen molar-refractivity contribution in [2.24, 2.45) is 5.92 Å². The Hall–Kier alpha value is -1.40. The Balaban J connectivity index is 2.52. The zero-order valence-corrected chi connectivity index (χ0v) is 15.8. The van der Waals surface area contributed by atoms with Crippen LogP contribution in [-0.2, 0) is 21.2 Å². The maximum Gasteiger partial charge on any atom is 0.225 e. The van der Waals surface area contributed by atoms with Crippen LogP contribution in [0.25, 0.3) is 0 Å². The Morgan fingerprint density at radius 1 is 1.21 bits per heavy atom. The van der Waals surface area contributed by atoms with Gasteiger partial charge in [0, 0.05) is 19.8 Å². The molecule has 0 bridgehead atoms. The van der Waals surface area contributed by atoms with Gasteiger partial charge in [0.2, 0.25) is 5.91 Å². The number of carbonyl (C=O) groups excluding carboxylic acids is 1. The van der Waals surface area contributed by atoms with Crippen molar-refractivity contribution in [3.8, 4) is 0 Å². The van der Waals surface area contributed by atoms with Crippen LogP contribution < -0.4 is 0 Å². The average molecular weight is 356 g/mol. The molecule has 1 N–H and O–H groups in total. The van der Waals surface area contributed by atoms with E-state index in [2.05, 4.69) is 13.8 Å². The summed E-state index contributed by atoms with van der Waals surface area (Å²) in [5.41, 5.74) is 0.854. The lowest BCUT2D eigenvalue weighted by Gasteiger charge is -2.20. The largest absolute Gasteiger partial charge is 0.393 e. The Morgan fingerprint density at radius 3 is 2.29 bits per heavy atom. The number of hydrogen-bond acceptors (Lipinski definition) is 4. The molecule has 1 rings (SSSR count). The summed E-state index contributed by atoms with van der Waals surface area (Å²) in [5.74, 6) is 0.444. The predicted octanol–water partition coefficient (Wildman–Crippen LogP) is 2.63. The molecular formula is C18H29NO4S. The molecule has 0 aliphatic heterocycles. The average Bonchev–Trinajstić information content (AvgIpc) is 2.52. The van der Waals surface area contributed by atoms with E-state index >= 15 is 0 Å². The molecule has 0 radical (unpaired) electrons. The van der Waals surface area contributed by atoms with E-state index in [0.29, 0.717) is 18.9 Å². The summed E-state index contributed by atoms with van der Waals surface area (Å²) in [5, 5.41) is 9.99. The fraction of sp³-hybridized carbons (Fsp3) is 0.611. The third-order valence-corrected chi connectivity index (χ3v) is 5.43. The Morgan fingerprint density at radius 2 is 1.79 bits per heavy atom. The molecule has 24 heavy (non-hydrogen) atoms. The van der Waals surface area contributed by atoms with E-state index in [1.807, 2.05) is 0 Å². The number of benzene rings is 1. The van der Waals surface area contributed by atoms with Gasteiger partial charge in [0.05, 0.1) is 17.4 Å². The molecular weight excluding hydrogens is 326 g/mol. The lowest BCUT2D eigenvalue weighted by molar-refractivity contribution is -0.132. The number of carbonyl (C=O) groups is 1. The Labute approximate surface area is 145 Å². The number of aliphatic hydroxyl groups excluding tert-OH is 1. The molecule has 0 aliphatic carbocycles. The van der Waals surface area contributed by atoms with Crippen LogP contribution in [0.2, 0.25) is 0 Å². The van der Waals surface area contributed by atoms with Gasteiger partial charge in [-0.2, -0.15) is 0 Å². The van der Waals surface area contributed by atoms with Crippen LogP contribution in [-0.4, -0.2) is 43.7 Å². The molecule has 136 valence electrons. The quantitative estimate of drug-likeness (QED) is 0.739. The van der Waals surface area contributed by atoms with Crippen molar-refractivity contribution in [2.75, 3.05) is 13.3 Å². The van der Waals surface area contributed by atoms with E-state index in [0.717, 1.165) is 18.4 Å². The minimum atomic E-state index is -3.21. The lowest BCUT2D eigenvalue weighted by Crippen LogP contribution is -2.29. The number of rotatable bonds is 9. The smallest absolute Gasteiger partial charge is 0.225 e. The van der Waals surface area contributed by atoms with Crippen LogP contribution in [0.3, 0.4) is 0 Å². The molecule has 0 heterocycles. The highest BCUT2D eigenvalue weighted by atomic mass is 32.2. The lowest BCUT2D eigenvalue weighted by atomic mass is 9.99. The van der Waals surface area contributed by atoms with Gasteiger partial charge in [-0.25, -0.2) is 8.42 Å². The summed E-state index contributed by atoms with van der Waals surface area (Å²) in [6, 6.07) is 6.51. The van der Waals surface area contributed by atoms with Gasteiger partial charge in [0.1, 0.15) is 0 Å². The Kier molecular flexibility index (Phi) is 7.90. The molecule has 1 aromatic carbocycles. The molecule has 0 fully saturated rings. The number of aliphatic hydroxyl groups is 1. The first kappa shape index (κ1) is 20.6. The fourth-order valence-electron chi connectivity index (χ4n) is 2.34. The second-order valence-corrected chi connectivity index (χ2v) is 8.63. The van der Waals surface area contributed by atoms with E-state index in [4.69, 9.17) is 0 Å². The van der Waals surface area contributed by atoms with Crippen LogP contribution in [0.15, 0.2) is 29.2 Å². The maximum atomic E-state index is 12.2. The predicted molar refractivity (Wildman–Crippen MR) is 95.3 cm³/mol. The van der Waals surface area contributed by atoms with E-state index in [1.54, 1.807) is 36.2 Å². The van der Waals surface area contributed by atoms with Crippen molar-refractivity contribution in [3.63, 3.8) is 0 Å². The van der Waals surface area contributed by atoms with Crippen molar-refractivity contribution >= 4 is 15.7 Å². The highest BCUT2D eigenvalue weighted by molar-refractivity contribution is 7.90. The number of amides is 1. The standard InChI is InChI=1S/C18H29NO4S/c1-5-14(2)6-9-16(20)12-18(21)19(3)13-15-7-10-17(11-8-15)24(4,22)23/h7-8,10-11,14,16,20H,5-6,9,12-13H2,1-4H3. The highest BCUT2D eigenvalue weighted by Gasteiger charge is 2.16. The van der Waals surface area contributed by atoms with Crippen LogP contribution >= 0.6 is 0 Å². The molecule has 0 aliphatic rings. The van der Waals surface area contributed by atoms with Gasteiger partial charge >= 0.3 is 0 Å². The molecule has 0 saturated carbocycles. The van der Waals surface area contributed by atoms with Crippen molar-refractivity contribution < 1.29 is 18.3 Å². The minimum absolute atomic E-state index is 0.112. The molecule has 5 nitrogen and oxygen atoms in total. The summed E-state index contributed by atoms with van der Waals surface area (Å²) >= 11 is 0. The van der Waals surface area contributed by atoms with Gasteiger partial charge in [0.25, 0.3) is 0 Å². The first-order chi connectivity index (χ1) is 11.1. The third kappa shape index (κ3) is 7.01. The van der Waals surface area contributed by atoms with Crippen molar-refractivity contribution in [2.45, 2.75) is 57.1 Å². The maximum absolute atomic E-state index is 12.2. The zero-order valence-electron chi connectivity index (χ0n) is 15.0. The molecule has 0 spiro atoms. The second kappa shape index (κ2) is 9.18. The van der Waals surface area contributed by atoms with E-state index < -0.39 is 15.9 Å². The minimum Gasteiger partial charge on any atom is -0.393 e.